The van der Waals surface area contributed by atoms with Gasteiger partial charge in [0.25, 0.3) is 5.56 Å². The number of nitrogens with one attached hydrogen (secondary N) is 2. The predicted octanol–water partition coefficient (Wildman–Crippen LogP) is 4.68. The first-order valence-corrected chi connectivity index (χ1v) is 14.3. The molecule has 0 amide bonds. The van der Waals surface area contributed by atoms with Gasteiger partial charge in [0, 0.05) is 35.7 Å². The fourth-order valence-electron chi connectivity index (χ4n) is 4.87. The minimum absolute atomic E-state index is 0.00163. The van der Waals surface area contributed by atoms with Gasteiger partial charge in [-0.05, 0) is 37.3 Å². The summed E-state index contributed by atoms with van der Waals surface area (Å²) < 4.78 is 28.8. The lowest BCUT2D eigenvalue weighted by Gasteiger charge is -2.24. The number of benzene rings is 2. The third kappa shape index (κ3) is 4.45. The summed E-state index contributed by atoms with van der Waals surface area (Å²) in [6.07, 6.45) is 5.56. The second-order valence-corrected chi connectivity index (χ2v) is 11.5. The SMILES string of the molecule is C[C@H](Nc1ncnc2[nH]ccc(=O)c12)c1c(Cl)c2cccc(S(=O)(=O)c3ccncc3)c2c(=O)n1-c1ccccc1. The average molecular weight is 585 g/mol. The number of rotatable bonds is 6. The van der Waals surface area contributed by atoms with Gasteiger partial charge in [-0.3, -0.25) is 19.1 Å². The maximum atomic E-state index is 14.3. The first kappa shape index (κ1) is 26.4. The van der Waals surface area contributed by atoms with Crippen molar-refractivity contribution in [2.75, 3.05) is 5.32 Å². The van der Waals surface area contributed by atoms with Crippen molar-refractivity contribution in [3.63, 3.8) is 0 Å². The number of anilines is 1. The number of nitrogens with zero attached hydrogens (tertiary/aromatic N) is 4. The molecule has 204 valence electrons. The molecule has 1 atom stereocenters. The molecule has 0 radical (unpaired) electrons. The summed E-state index contributed by atoms with van der Waals surface area (Å²) in [5.74, 6) is 0.251. The number of hydrogen-bond acceptors (Lipinski definition) is 8. The summed E-state index contributed by atoms with van der Waals surface area (Å²) in [5.41, 5.74) is 0.320. The van der Waals surface area contributed by atoms with Crippen LogP contribution < -0.4 is 16.3 Å². The molecule has 4 aromatic heterocycles. The summed E-state index contributed by atoms with van der Waals surface area (Å²) in [4.78, 5) is 42.1. The highest BCUT2D eigenvalue weighted by molar-refractivity contribution is 7.91. The third-order valence-corrected chi connectivity index (χ3v) is 8.93. The molecule has 0 spiro atoms. The van der Waals surface area contributed by atoms with Crippen molar-refractivity contribution in [1.82, 2.24) is 24.5 Å². The van der Waals surface area contributed by atoms with Crippen LogP contribution in [0.1, 0.15) is 18.7 Å². The van der Waals surface area contributed by atoms with Crippen LogP contribution in [0.5, 0.6) is 0 Å². The highest BCUT2D eigenvalue weighted by Crippen LogP contribution is 2.36. The summed E-state index contributed by atoms with van der Waals surface area (Å²) in [6.45, 7) is 1.77. The molecule has 0 fully saturated rings. The molecule has 0 unspecified atom stereocenters. The number of H-pyrrole nitrogens is 1. The van der Waals surface area contributed by atoms with Gasteiger partial charge < -0.3 is 10.3 Å². The van der Waals surface area contributed by atoms with E-state index in [0.717, 1.165) is 0 Å². The molecule has 41 heavy (non-hydrogen) atoms. The van der Waals surface area contributed by atoms with Gasteiger partial charge in [-0.2, -0.15) is 0 Å². The zero-order chi connectivity index (χ0) is 28.7. The summed E-state index contributed by atoms with van der Waals surface area (Å²) in [6, 6.07) is 16.8. The molecule has 2 aromatic carbocycles. The molecule has 4 heterocycles. The van der Waals surface area contributed by atoms with Crippen LogP contribution in [-0.4, -0.2) is 32.9 Å². The Bertz CT molecular complexity index is 2160. The van der Waals surface area contributed by atoms with E-state index < -0.39 is 21.4 Å². The van der Waals surface area contributed by atoms with Gasteiger partial charge in [-0.25, -0.2) is 18.4 Å². The van der Waals surface area contributed by atoms with Gasteiger partial charge in [0.2, 0.25) is 9.84 Å². The largest absolute Gasteiger partial charge is 0.361 e. The molecule has 10 nitrogen and oxygen atoms in total. The lowest BCUT2D eigenvalue weighted by Crippen LogP contribution is -2.27. The Hall–Kier alpha value is -4.87. The van der Waals surface area contributed by atoms with Crippen LogP contribution in [0.4, 0.5) is 5.82 Å². The first-order valence-electron chi connectivity index (χ1n) is 12.5. The predicted molar refractivity (Wildman–Crippen MR) is 156 cm³/mol. The van der Waals surface area contributed by atoms with Gasteiger partial charge in [0.15, 0.2) is 5.43 Å². The van der Waals surface area contributed by atoms with E-state index >= 15 is 0 Å². The van der Waals surface area contributed by atoms with Crippen LogP contribution in [0.3, 0.4) is 0 Å². The average Bonchev–Trinajstić information content (AvgIpc) is 2.99. The van der Waals surface area contributed by atoms with Crippen LogP contribution in [0.2, 0.25) is 5.02 Å². The van der Waals surface area contributed by atoms with E-state index in [1.807, 2.05) is 0 Å². The van der Waals surface area contributed by atoms with E-state index in [0.29, 0.717) is 17.0 Å². The van der Waals surface area contributed by atoms with E-state index in [9.17, 15) is 18.0 Å². The molecule has 0 aliphatic heterocycles. The minimum Gasteiger partial charge on any atom is -0.361 e. The van der Waals surface area contributed by atoms with Gasteiger partial charge in [-0.1, -0.05) is 41.9 Å². The number of para-hydroxylation sites is 1. The zero-order valence-electron chi connectivity index (χ0n) is 21.4. The van der Waals surface area contributed by atoms with E-state index in [-0.39, 0.29) is 42.2 Å². The molecule has 0 aliphatic carbocycles. The van der Waals surface area contributed by atoms with E-state index in [1.54, 1.807) is 49.4 Å². The zero-order valence-corrected chi connectivity index (χ0v) is 23.0. The molecular weight excluding hydrogens is 564 g/mol. The van der Waals surface area contributed by atoms with Gasteiger partial charge in [0.1, 0.15) is 23.2 Å². The summed E-state index contributed by atoms with van der Waals surface area (Å²) in [7, 11) is -4.10. The fourth-order valence-corrected chi connectivity index (χ4v) is 6.73. The smallest absolute Gasteiger partial charge is 0.264 e. The molecule has 6 rings (SSSR count). The number of aromatic nitrogens is 5. The molecule has 0 aliphatic rings. The van der Waals surface area contributed by atoms with Crippen molar-refractivity contribution in [3.05, 3.63) is 123 Å². The van der Waals surface area contributed by atoms with Crippen LogP contribution in [0.15, 0.2) is 111 Å². The molecule has 12 heteroatoms. The molecule has 0 bridgehead atoms. The summed E-state index contributed by atoms with van der Waals surface area (Å²) >= 11 is 7.04. The molecular formula is C29H21ClN6O4S. The highest BCUT2D eigenvalue weighted by Gasteiger charge is 2.28. The number of fused-ring (bicyclic) bond motifs is 2. The number of halogens is 1. The Balaban J connectivity index is 1.63. The Kier molecular flexibility index (Phi) is 6.60. The monoisotopic (exact) mass is 584 g/mol. The standard InChI is InChI=1S/C29H21ClN6O4S/c1-17(35-28-24-21(37)12-15-32-27(24)33-16-34-28)26-25(30)20-8-5-9-22(41(39,40)19-10-13-31-14-11-19)23(20)29(38)36(26)18-6-3-2-4-7-18/h2-17H,1H3,(H2,32,33,34,35,37)/t17-/m0/s1. The third-order valence-electron chi connectivity index (χ3n) is 6.72. The highest BCUT2D eigenvalue weighted by atomic mass is 35.5. The Labute approximate surface area is 238 Å². The van der Waals surface area contributed by atoms with E-state index in [4.69, 9.17) is 11.6 Å². The van der Waals surface area contributed by atoms with Crippen molar-refractivity contribution < 1.29 is 8.42 Å². The molecule has 2 N–H and O–H groups in total. The number of sulfone groups is 1. The van der Waals surface area contributed by atoms with Crippen LogP contribution in [0.25, 0.3) is 27.5 Å². The Morgan fingerprint density at radius 3 is 2.44 bits per heavy atom. The van der Waals surface area contributed by atoms with Gasteiger partial charge in [0.05, 0.1) is 31.9 Å². The van der Waals surface area contributed by atoms with E-state index in [1.165, 1.54) is 53.8 Å². The van der Waals surface area contributed by atoms with Gasteiger partial charge in [-0.15, -0.1) is 0 Å². The minimum atomic E-state index is -4.10. The number of pyridine rings is 3. The van der Waals surface area contributed by atoms with Crippen molar-refractivity contribution >= 4 is 49.1 Å². The quantitative estimate of drug-likeness (QED) is 0.288. The maximum absolute atomic E-state index is 14.3. The number of aromatic amines is 1. The fraction of sp³-hybridized carbons (Fsp3) is 0.0690. The van der Waals surface area contributed by atoms with E-state index in [2.05, 4.69) is 25.3 Å². The van der Waals surface area contributed by atoms with Crippen LogP contribution >= 0.6 is 11.6 Å². The normalized spacial score (nSPS) is 12.4. The second-order valence-electron chi connectivity index (χ2n) is 9.19. The maximum Gasteiger partial charge on any atom is 0.264 e. The molecule has 0 saturated heterocycles. The van der Waals surface area contributed by atoms with Crippen LogP contribution in [0, 0.1) is 0 Å². The second kappa shape index (κ2) is 10.3. The van der Waals surface area contributed by atoms with Crippen molar-refractivity contribution in [3.8, 4) is 5.69 Å². The molecule has 6 aromatic rings. The van der Waals surface area contributed by atoms with Crippen molar-refractivity contribution in [1.29, 1.82) is 0 Å². The van der Waals surface area contributed by atoms with Crippen molar-refractivity contribution in [2.45, 2.75) is 22.8 Å². The number of hydrogen-bond donors (Lipinski definition) is 2. The first-order chi connectivity index (χ1) is 19.8. The lowest BCUT2D eigenvalue weighted by atomic mass is 10.1. The molecule has 0 saturated carbocycles. The lowest BCUT2D eigenvalue weighted by molar-refractivity contribution is 0.596. The topological polar surface area (TPSA) is 140 Å². The Morgan fingerprint density at radius 2 is 1.68 bits per heavy atom. The van der Waals surface area contributed by atoms with Gasteiger partial charge >= 0.3 is 0 Å². The summed E-state index contributed by atoms with van der Waals surface area (Å²) in [5, 5.41) is 3.86. The Morgan fingerprint density at radius 1 is 0.927 bits per heavy atom. The van der Waals surface area contributed by atoms with Crippen molar-refractivity contribution in [2.24, 2.45) is 0 Å². The van der Waals surface area contributed by atoms with Crippen LogP contribution in [-0.2, 0) is 9.84 Å².